The zero-order valence-corrected chi connectivity index (χ0v) is 50.0. The lowest BCUT2D eigenvalue weighted by atomic mass is 10.0. The third kappa shape index (κ3) is 59.6. The summed E-state index contributed by atoms with van der Waals surface area (Å²) in [5, 5.41) is 0. The van der Waals surface area contributed by atoms with Crippen molar-refractivity contribution in [2.75, 3.05) is 47.5 Å². The van der Waals surface area contributed by atoms with E-state index < -0.39 is 26.5 Å². The van der Waals surface area contributed by atoms with Crippen molar-refractivity contribution in [1.29, 1.82) is 0 Å². The molecule has 0 aliphatic carbocycles. The molecule has 0 rings (SSSR count). The van der Waals surface area contributed by atoms with E-state index >= 15 is 0 Å². The van der Waals surface area contributed by atoms with Crippen LogP contribution in [0.1, 0.15) is 316 Å². The number of unbranched alkanes of at least 4 members (excludes halogenated alkanes) is 41. The highest BCUT2D eigenvalue weighted by Crippen LogP contribution is 2.43. The van der Waals surface area contributed by atoms with Crippen molar-refractivity contribution in [3.8, 4) is 0 Å². The van der Waals surface area contributed by atoms with Gasteiger partial charge in [0.15, 0.2) is 6.10 Å². The van der Waals surface area contributed by atoms with Crippen molar-refractivity contribution in [3.63, 3.8) is 0 Å². The van der Waals surface area contributed by atoms with Crippen molar-refractivity contribution in [2.45, 2.75) is 322 Å². The van der Waals surface area contributed by atoms with Gasteiger partial charge in [0.2, 0.25) is 0 Å². The van der Waals surface area contributed by atoms with Crippen LogP contribution >= 0.6 is 7.82 Å². The normalized spacial score (nSPS) is 13.3. The molecule has 0 aliphatic heterocycles. The van der Waals surface area contributed by atoms with Gasteiger partial charge in [-0.05, 0) is 44.9 Å². The molecule has 2 atom stereocenters. The van der Waals surface area contributed by atoms with Crippen LogP contribution in [-0.4, -0.2) is 74.9 Å². The number of hydrogen-bond donors (Lipinski definition) is 1. The molecule has 0 radical (unpaired) electrons. The SMILES string of the molecule is CCCCCCC/C=C\C/C=C\CCCCCCCCCCCCCC(=O)OC(COC(=O)CCCCCCCCCCCCCCCCCCCCCCCCCCCC)COP(=O)(O)OCC[N+](C)(C)C. The maximum Gasteiger partial charge on any atom is 0.472 e. The molecule has 0 bridgehead atoms. The highest BCUT2D eigenvalue weighted by Gasteiger charge is 2.27. The van der Waals surface area contributed by atoms with Gasteiger partial charge in [-0.3, -0.25) is 18.6 Å². The van der Waals surface area contributed by atoms with Gasteiger partial charge in [-0.1, -0.05) is 282 Å². The standard InChI is InChI=1S/C63H122NO8P/c1-6-8-10-12-14-16-18-20-22-24-26-28-30-31-32-34-35-37-39-41-43-45-47-49-51-53-55-62(65)69-59-61(60-71-73(67,68)70-58-57-64(3,4)5)72-63(66)56-54-52-50-48-46-44-42-40-38-36-33-29-27-25-23-21-19-17-15-13-11-9-7-2/h19,21,25,27,61H,6-18,20,22-24,26,28-60H2,1-5H3/p+1/b21-19-,27-25-. The number of rotatable bonds is 59. The van der Waals surface area contributed by atoms with Crippen LogP contribution in [0.2, 0.25) is 0 Å². The highest BCUT2D eigenvalue weighted by atomic mass is 31.2. The second kappa shape index (κ2) is 55.3. The molecule has 10 heteroatoms. The lowest BCUT2D eigenvalue weighted by molar-refractivity contribution is -0.870. The van der Waals surface area contributed by atoms with Gasteiger partial charge in [0.1, 0.15) is 19.8 Å². The molecule has 0 aromatic rings. The fourth-order valence-electron chi connectivity index (χ4n) is 9.34. The van der Waals surface area contributed by atoms with E-state index in [9.17, 15) is 19.0 Å². The summed E-state index contributed by atoms with van der Waals surface area (Å²) in [6.07, 6.45) is 66.9. The van der Waals surface area contributed by atoms with Crippen molar-refractivity contribution in [1.82, 2.24) is 0 Å². The van der Waals surface area contributed by atoms with Gasteiger partial charge < -0.3 is 18.9 Å². The minimum absolute atomic E-state index is 0.0341. The van der Waals surface area contributed by atoms with E-state index in [1.807, 2.05) is 21.1 Å². The molecule has 0 aromatic carbocycles. The molecule has 2 unspecified atom stereocenters. The van der Waals surface area contributed by atoms with E-state index in [0.717, 1.165) is 38.5 Å². The van der Waals surface area contributed by atoms with Crippen molar-refractivity contribution >= 4 is 19.8 Å². The number of nitrogens with zero attached hydrogens (tertiary/aromatic N) is 1. The second-order valence-corrected chi connectivity index (χ2v) is 24.3. The predicted molar refractivity (Wildman–Crippen MR) is 312 cm³/mol. The molecule has 0 saturated heterocycles. The zero-order valence-electron chi connectivity index (χ0n) is 49.1. The molecule has 1 N–H and O–H groups in total. The van der Waals surface area contributed by atoms with Crippen molar-refractivity contribution in [2.24, 2.45) is 0 Å². The van der Waals surface area contributed by atoms with Gasteiger partial charge >= 0.3 is 19.8 Å². The van der Waals surface area contributed by atoms with Gasteiger partial charge in [0.05, 0.1) is 27.7 Å². The summed E-state index contributed by atoms with van der Waals surface area (Å²) >= 11 is 0. The molecule has 0 amide bonds. The number of carbonyl (C=O) groups excluding carboxylic acids is 2. The molecular weight excluding hydrogens is 930 g/mol. The topological polar surface area (TPSA) is 108 Å². The Balaban J connectivity index is 4.07. The lowest BCUT2D eigenvalue weighted by Gasteiger charge is -2.24. The van der Waals surface area contributed by atoms with Crippen LogP contribution in [0.4, 0.5) is 0 Å². The Labute approximate surface area is 453 Å². The largest absolute Gasteiger partial charge is 0.472 e. The van der Waals surface area contributed by atoms with Crippen LogP contribution < -0.4 is 0 Å². The predicted octanol–water partition coefficient (Wildman–Crippen LogP) is 19.8. The molecule has 432 valence electrons. The molecule has 0 heterocycles. The Kier molecular flexibility index (Phi) is 54.1. The first-order chi connectivity index (χ1) is 35.5. The smallest absolute Gasteiger partial charge is 0.462 e. The number of hydrogen-bond acceptors (Lipinski definition) is 7. The van der Waals surface area contributed by atoms with E-state index in [2.05, 4.69) is 38.2 Å². The van der Waals surface area contributed by atoms with Crippen LogP contribution in [0.5, 0.6) is 0 Å². The minimum atomic E-state index is -4.38. The van der Waals surface area contributed by atoms with Crippen LogP contribution in [-0.2, 0) is 32.7 Å². The third-order valence-corrected chi connectivity index (χ3v) is 15.2. The highest BCUT2D eigenvalue weighted by molar-refractivity contribution is 7.47. The number of allylic oxidation sites excluding steroid dienone is 4. The summed E-state index contributed by atoms with van der Waals surface area (Å²) in [6, 6.07) is 0. The average molecular weight is 1050 g/mol. The number of esters is 2. The van der Waals surface area contributed by atoms with Gasteiger partial charge in [-0.15, -0.1) is 0 Å². The van der Waals surface area contributed by atoms with E-state index in [0.29, 0.717) is 23.9 Å². The fourth-order valence-corrected chi connectivity index (χ4v) is 10.1. The second-order valence-electron chi connectivity index (χ2n) is 22.8. The van der Waals surface area contributed by atoms with Gasteiger partial charge in [-0.2, -0.15) is 0 Å². The molecule has 0 fully saturated rings. The monoisotopic (exact) mass is 1050 g/mol. The van der Waals surface area contributed by atoms with Crippen LogP contribution in [0, 0.1) is 0 Å². The number of likely N-dealkylation sites (N-methyl/N-ethyl adjacent to an activating group) is 1. The third-order valence-electron chi connectivity index (χ3n) is 14.2. The Hall–Kier alpha value is -1.51. The molecule has 73 heavy (non-hydrogen) atoms. The summed E-state index contributed by atoms with van der Waals surface area (Å²) in [6.45, 7) is 4.48. The summed E-state index contributed by atoms with van der Waals surface area (Å²) in [7, 11) is 1.49. The van der Waals surface area contributed by atoms with Gasteiger partial charge in [-0.25, -0.2) is 4.57 Å². The summed E-state index contributed by atoms with van der Waals surface area (Å²) < 4.78 is 34.7. The first-order valence-corrected chi connectivity index (χ1v) is 33.1. The number of quaternary nitrogens is 1. The molecule has 9 nitrogen and oxygen atoms in total. The fraction of sp³-hybridized carbons (Fsp3) is 0.905. The molecule has 0 spiro atoms. The Morgan fingerprint density at radius 1 is 0.425 bits per heavy atom. The Morgan fingerprint density at radius 2 is 0.740 bits per heavy atom. The van der Waals surface area contributed by atoms with Crippen LogP contribution in [0.3, 0.4) is 0 Å². The van der Waals surface area contributed by atoms with Crippen molar-refractivity contribution < 1.29 is 42.1 Å². The number of carbonyl (C=O) groups is 2. The Bertz CT molecular complexity index is 1280. The summed E-state index contributed by atoms with van der Waals surface area (Å²) in [5.74, 6) is -0.781. The summed E-state index contributed by atoms with van der Waals surface area (Å²) in [4.78, 5) is 35.8. The number of phosphoric acid groups is 1. The van der Waals surface area contributed by atoms with Crippen LogP contribution in [0.15, 0.2) is 24.3 Å². The molecule has 0 aliphatic rings. The van der Waals surface area contributed by atoms with E-state index in [1.165, 1.54) is 244 Å². The molecule has 0 saturated carbocycles. The van der Waals surface area contributed by atoms with Gasteiger partial charge in [0, 0.05) is 12.8 Å². The Morgan fingerprint density at radius 3 is 1.08 bits per heavy atom. The minimum Gasteiger partial charge on any atom is -0.462 e. The van der Waals surface area contributed by atoms with E-state index in [4.69, 9.17) is 18.5 Å². The first kappa shape index (κ1) is 71.5. The maximum atomic E-state index is 12.8. The molecule has 0 aromatic heterocycles. The van der Waals surface area contributed by atoms with E-state index in [-0.39, 0.29) is 25.6 Å². The number of ether oxygens (including phenoxy) is 2. The van der Waals surface area contributed by atoms with Crippen molar-refractivity contribution in [3.05, 3.63) is 24.3 Å². The average Bonchev–Trinajstić information content (AvgIpc) is 3.35. The summed E-state index contributed by atoms with van der Waals surface area (Å²) in [5.41, 5.74) is 0. The zero-order chi connectivity index (χ0) is 53.5. The van der Waals surface area contributed by atoms with Crippen LogP contribution in [0.25, 0.3) is 0 Å². The maximum absolute atomic E-state index is 12.8. The number of phosphoric ester groups is 1. The van der Waals surface area contributed by atoms with Gasteiger partial charge in [0.25, 0.3) is 0 Å². The molecular formula is C63H123NO8P+. The quantitative estimate of drug-likeness (QED) is 0.0211. The lowest BCUT2D eigenvalue weighted by Crippen LogP contribution is -2.37. The first-order valence-electron chi connectivity index (χ1n) is 31.6. The van der Waals surface area contributed by atoms with E-state index in [1.54, 1.807) is 0 Å².